The standard InChI is InChI=1S/C8H10ClNO/c1-2-5-11-8-4-3-7(9)6-10-8/h3-4,6H,2,5H2,1H3. The van der Waals surface area contributed by atoms with Crippen LogP contribution >= 0.6 is 11.6 Å². The molecule has 0 spiro atoms. The lowest BCUT2D eigenvalue weighted by Crippen LogP contribution is -1.96. The summed E-state index contributed by atoms with van der Waals surface area (Å²) >= 11 is 5.63. The van der Waals surface area contributed by atoms with Crippen molar-refractivity contribution in [2.75, 3.05) is 6.61 Å². The smallest absolute Gasteiger partial charge is 0.213 e. The Kier molecular flexibility index (Phi) is 3.17. The zero-order valence-electron chi connectivity index (χ0n) is 6.38. The molecule has 0 aliphatic carbocycles. The van der Waals surface area contributed by atoms with E-state index in [4.69, 9.17) is 16.3 Å². The van der Waals surface area contributed by atoms with Gasteiger partial charge in [0.25, 0.3) is 0 Å². The molecule has 0 amide bonds. The fourth-order valence-corrected chi connectivity index (χ4v) is 0.766. The monoisotopic (exact) mass is 171 g/mol. The first-order chi connectivity index (χ1) is 5.33. The third-order valence-electron chi connectivity index (χ3n) is 1.15. The van der Waals surface area contributed by atoms with Gasteiger partial charge in [-0.05, 0) is 12.5 Å². The van der Waals surface area contributed by atoms with Gasteiger partial charge in [-0.1, -0.05) is 18.5 Å². The Morgan fingerprint density at radius 3 is 2.91 bits per heavy atom. The Bertz CT molecular complexity index is 210. The first-order valence-electron chi connectivity index (χ1n) is 3.57. The predicted octanol–water partition coefficient (Wildman–Crippen LogP) is 2.52. The second-order valence-electron chi connectivity index (χ2n) is 2.16. The lowest BCUT2D eigenvalue weighted by molar-refractivity contribution is 0.305. The Morgan fingerprint density at radius 1 is 1.55 bits per heavy atom. The molecule has 0 unspecified atom stereocenters. The van der Waals surface area contributed by atoms with Crippen LogP contribution in [0, 0.1) is 0 Å². The van der Waals surface area contributed by atoms with Gasteiger partial charge in [0, 0.05) is 12.3 Å². The van der Waals surface area contributed by atoms with E-state index in [2.05, 4.69) is 11.9 Å². The number of hydrogen-bond acceptors (Lipinski definition) is 2. The van der Waals surface area contributed by atoms with Gasteiger partial charge in [-0.15, -0.1) is 0 Å². The lowest BCUT2D eigenvalue weighted by Gasteiger charge is -2.01. The van der Waals surface area contributed by atoms with Crippen molar-refractivity contribution in [3.63, 3.8) is 0 Å². The molecule has 1 heterocycles. The Hall–Kier alpha value is -0.760. The minimum absolute atomic E-state index is 0.633. The molecule has 3 heteroatoms. The normalized spacial score (nSPS) is 9.64. The van der Waals surface area contributed by atoms with Crippen molar-refractivity contribution < 1.29 is 4.74 Å². The highest BCUT2D eigenvalue weighted by Gasteiger charge is 1.92. The van der Waals surface area contributed by atoms with Crippen LogP contribution in [0.1, 0.15) is 13.3 Å². The first kappa shape index (κ1) is 8.34. The van der Waals surface area contributed by atoms with Crippen LogP contribution in [0.25, 0.3) is 0 Å². The molecule has 1 aromatic rings. The second kappa shape index (κ2) is 4.19. The van der Waals surface area contributed by atoms with Crippen LogP contribution in [0.2, 0.25) is 5.02 Å². The first-order valence-corrected chi connectivity index (χ1v) is 3.95. The maximum absolute atomic E-state index is 5.63. The molecule has 1 aromatic heterocycles. The van der Waals surface area contributed by atoms with Gasteiger partial charge >= 0.3 is 0 Å². The van der Waals surface area contributed by atoms with Crippen molar-refractivity contribution in [1.29, 1.82) is 0 Å². The SMILES string of the molecule is CCCOc1ccc(Cl)cn1. The van der Waals surface area contributed by atoms with Gasteiger partial charge in [0.2, 0.25) is 5.88 Å². The maximum Gasteiger partial charge on any atom is 0.213 e. The summed E-state index contributed by atoms with van der Waals surface area (Å²) in [5, 5.41) is 0.633. The molecular weight excluding hydrogens is 162 g/mol. The number of pyridine rings is 1. The average Bonchev–Trinajstić information content (AvgIpc) is 2.04. The molecule has 0 N–H and O–H groups in total. The van der Waals surface area contributed by atoms with Crippen molar-refractivity contribution in [3.05, 3.63) is 23.4 Å². The van der Waals surface area contributed by atoms with E-state index in [1.807, 2.05) is 0 Å². The summed E-state index contributed by atoms with van der Waals surface area (Å²) in [5.74, 6) is 0.635. The van der Waals surface area contributed by atoms with Gasteiger partial charge in [-0.25, -0.2) is 4.98 Å². The van der Waals surface area contributed by atoms with Gasteiger partial charge < -0.3 is 4.74 Å². The molecule has 0 fully saturated rings. The molecule has 0 radical (unpaired) electrons. The van der Waals surface area contributed by atoms with Gasteiger partial charge in [-0.2, -0.15) is 0 Å². The summed E-state index contributed by atoms with van der Waals surface area (Å²) in [6, 6.07) is 3.53. The van der Waals surface area contributed by atoms with E-state index in [9.17, 15) is 0 Å². The quantitative estimate of drug-likeness (QED) is 0.697. The van der Waals surface area contributed by atoms with Gasteiger partial charge in [0.15, 0.2) is 0 Å². The van der Waals surface area contributed by atoms with Gasteiger partial charge in [-0.3, -0.25) is 0 Å². The summed E-state index contributed by atoms with van der Waals surface area (Å²) in [5.41, 5.74) is 0. The molecule has 0 aliphatic rings. The predicted molar refractivity (Wildman–Crippen MR) is 45.0 cm³/mol. The highest BCUT2D eigenvalue weighted by atomic mass is 35.5. The number of aromatic nitrogens is 1. The molecule has 0 saturated carbocycles. The molecule has 0 bridgehead atoms. The summed E-state index contributed by atoms with van der Waals surface area (Å²) in [4.78, 5) is 3.96. The number of nitrogens with zero attached hydrogens (tertiary/aromatic N) is 1. The molecule has 1 rings (SSSR count). The van der Waals surface area contributed by atoms with Crippen molar-refractivity contribution in [1.82, 2.24) is 4.98 Å². The Balaban J connectivity index is 2.52. The number of hydrogen-bond donors (Lipinski definition) is 0. The number of ether oxygens (including phenoxy) is 1. The summed E-state index contributed by atoms with van der Waals surface area (Å²) in [6.45, 7) is 2.75. The van der Waals surface area contributed by atoms with Crippen LogP contribution in [0.4, 0.5) is 0 Å². The minimum atomic E-state index is 0.633. The Morgan fingerprint density at radius 2 is 2.36 bits per heavy atom. The van der Waals surface area contributed by atoms with E-state index < -0.39 is 0 Å². The highest BCUT2D eigenvalue weighted by molar-refractivity contribution is 6.30. The topological polar surface area (TPSA) is 22.1 Å². The maximum atomic E-state index is 5.63. The van der Waals surface area contributed by atoms with Gasteiger partial charge in [0.05, 0.1) is 11.6 Å². The Labute approximate surface area is 71.2 Å². The van der Waals surface area contributed by atoms with Crippen LogP contribution in [0.3, 0.4) is 0 Å². The van der Waals surface area contributed by atoms with Crippen molar-refractivity contribution in [2.24, 2.45) is 0 Å². The third kappa shape index (κ3) is 2.76. The summed E-state index contributed by atoms with van der Waals surface area (Å²) in [6.07, 6.45) is 2.57. The second-order valence-corrected chi connectivity index (χ2v) is 2.60. The molecule has 0 aromatic carbocycles. The molecule has 0 atom stereocenters. The van der Waals surface area contributed by atoms with Crippen molar-refractivity contribution in [2.45, 2.75) is 13.3 Å². The van der Waals surface area contributed by atoms with Crippen LogP contribution in [0.5, 0.6) is 5.88 Å². The van der Waals surface area contributed by atoms with E-state index in [1.54, 1.807) is 18.3 Å². The summed E-state index contributed by atoms with van der Waals surface area (Å²) in [7, 11) is 0. The summed E-state index contributed by atoms with van der Waals surface area (Å²) < 4.78 is 5.24. The lowest BCUT2D eigenvalue weighted by atomic mass is 10.5. The largest absolute Gasteiger partial charge is 0.478 e. The molecule has 2 nitrogen and oxygen atoms in total. The molecule has 60 valence electrons. The number of halogens is 1. The molecular formula is C8H10ClNO. The van der Waals surface area contributed by atoms with E-state index in [1.165, 1.54) is 0 Å². The van der Waals surface area contributed by atoms with Crippen LogP contribution in [-0.4, -0.2) is 11.6 Å². The molecule has 0 aliphatic heterocycles. The van der Waals surface area contributed by atoms with E-state index >= 15 is 0 Å². The van der Waals surface area contributed by atoms with E-state index in [0.717, 1.165) is 6.42 Å². The van der Waals surface area contributed by atoms with Crippen LogP contribution < -0.4 is 4.74 Å². The van der Waals surface area contributed by atoms with E-state index in [-0.39, 0.29) is 0 Å². The average molecular weight is 172 g/mol. The van der Waals surface area contributed by atoms with Crippen LogP contribution in [0.15, 0.2) is 18.3 Å². The van der Waals surface area contributed by atoms with Crippen LogP contribution in [-0.2, 0) is 0 Å². The number of rotatable bonds is 3. The van der Waals surface area contributed by atoms with E-state index in [0.29, 0.717) is 17.5 Å². The fourth-order valence-electron chi connectivity index (χ4n) is 0.654. The highest BCUT2D eigenvalue weighted by Crippen LogP contribution is 2.11. The molecule has 0 saturated heterocycles. The fraction of sp³-hybridized carbons (Fsp3) is 0.375. The van der Waals surface area contributed by atoms with Crippen molar-refractivity contribution >= 4 is 11.6 Å². The third-order valence-corrected chi connectivity index (χ3v) is 1.38. The molecule has 11 heavy (non-hydrogen) atoms. The van der Waals surface area contributed by atoms with Crippen molar-refractivity contribution in [3.8, 4) is 5.88 Å². The minimum Gasteiger partial charge on any atom is -0.478 e. The van der Waals surface area contributed by atoms with Gasteiger partial charge in [0.1, 0.15) is 0 Å². The zero-order valence-corrected chi connectivity index (χ0v) is 7.14. The zero-order chi connectivity index (χ0) is 8.10.